The van der Waals surface area contributed by atoms with Crippen molar-refractivity contribution >= 4 is 39.3 Å². The summed E-state index contributed by atoms with van der Waals surface area (Å²) >= 11 is 3.59. The normalized spacial score (nSPS) is 34.2. The summed E-state index contributed by atoms with van der Waals surface area (Å²) in [5.41, 5.74) is 1.46. The minimum atomic E-state index is -1.11. The molecule has 0 radical (unpaired) electrons. The quantitative estimate of drug-likeness (QED) is 0.539. The average Bonchev–Trinajstić information content (AvgIpc) is 3.28. The molecule has 3 aliphatic heterocycles. The molecule has 6 atom stereocenters. The number of carbonyl (C=O) groups is 3. The summed E-state index contributed by atoms with van der Waals surface area (Å²) in [5.74, 6) is -2.40. The van der Waals surface area contributed by atoms with Crippen molar-refractivity contribution in [3.8, 4) is 0 Å². The Hall–Kier alpha value is -1.97. The third kappa shape index (κ3) is 2.98. The number of ether oxygens (including phenoxy) is 1. The van der Waals surface area contributed by atoms with Crippen molar-refractivity contribution in [3.63, 3.8) is 0 Å². The number of hydrogen-bond donors (Lipinski definition) is 3. The first kappa shape index (κ1) is 21.3. The second-order valence-corrected chi connectivity index (χ2v) is 9.52. The lowest BCUT2D eigenvalue weighted by atomic mass is 9.70. The van der Waals surface area contributed by atoms with Gasteiger partial charge in [0.15, 0.2) is 0 Å². The first-order chi connectivity index (χ1) is 14.2. The van der Waals surface area contributed by atoms with Gasteiger partial charge in [-0.2, -0.15) is 0 Å². The Labute approximate surface area is 183 Å². The van der Waals surface area contributed by atoms with E-state index in [1.807, 2.05) is 32.0 Å². The lowest BCUT2D eigenvalue weighted by molar-refractivity contribution is -0.141. The number of amides is 3. The Morgan fingerprint density at radius 1 is 1.33 bits per heavy atom. The molecule has 3 N–H and O–H groups in total. The van der Waals surface area contributed by atoms with Crippen LogP contribution in [0, 0.1) is 25.7 Å². The van der Waals surface area contributed by atoms with Crippen LogP contribution < -0.4 is 10.6 Å². The fourth-order valence-electron chi connectivity index (χ4n) is 5.32. The number of aryl methyl sites for hydroxylation is 2. The highest BCUT2D eigenvalue weighted by molar-refractivity contribution is 9.09. The molecule has 3 unspecified atom stereocenters. The van der Waals surface area contributed by atoms with Gasteiger partial charge in [0, 0.05) is 24.1 Å². The third-order valence-corrected chi connectivity index (χ3v) is 7.42. The minimum Gasteiger partial charge on any atom is -0.395 e. The third-order valence-electron chi connectivity index (χ3n) is 6.58. The number of fused-ring (bicyclic) bond motifs is 1. The molecule has 3 heterocycles. The van der Waals surface area contributed by atoms with Gasteiger partial charge in [-0.1, -0.05) is 28.1 Å². The maximum absolute atomic E-state index is 13.5. The molecule has 162 valence electrons. The highest BCUT2D eigenvalue weighted by atomic mass is 79.9. The smallest absolute Gasteiger partial charge is 0.250 e. The molecule has 30 heavy (non-hydrogen) atoms. The first-order valence-electron chi connectivity index (χ1n) is 10.1. The number of aliphatic hydroxyl groups excluding tert-OH is 1. The molecule has 0 aromatic heterocycles. The predicted molar refractivity (Wildman–Crippen MR) is 113 cm³/mol. The molecule has 1 aromatic rings. The molecule has 0 aliphatic carbocycles. The summed E-state index contributed by atoms with van der Waals surface area (Å²) in [6, 6.07) is 4.83. The molecule has 2 bridgehead atoms. The maximum Gasteiger partial charge on any atom is 0.250 e. The van der Waals surface area contributed by atoms with Crippen molar-refractivity contribution in [2.45, 2.75) is 42.8 Å². The summed E-state index contributed by atoms with van der Waals surface area (Å²) in [6.45, 7) is 3.55. The SMILES string of the molecule is CNC(=O)[C@H]1[C@@H]2OC3(CC2Br)C(C(=O)Nc2cc(C)ccc2C)N(CCO)C(=O)[C@H]13. The zero-order valence-corrected chi connectivity index (χ0v) is 18.7. The van der Waals surface area contributed by atoms with E-state index in [9.17, 15) is 19.5 Å². The first-order valence-corrected chi connectivity index (χ1v) is 11.0. The number of alkyl halides is 1. The zero-order chi connectivity index (χ0) is 21.8. The van der Waals surface area contributed by atoms with Gasteiger partial charge in [0.25, 0.3) is 0 Å². The molecule has 1 spiro atoms. The van der Waals surface area contributed by atoms with Gasteiger partial charge < -0.3 is 25.4 Å². The van der Waals surface area contributed by atoms with E-state index in [1.54, 1.807) is 0 Å². The van der Waals surface area contributed by atoms with Gasteiger partial charge in [-0.15, -0.1) is 0 Å². The Kier molecular flexibility index (Phi) is 5.40. The molecular formula is C21H26BrN3O5. The van der Waals surface area contributed by atoms with Gasteiger partial charge in [-0.25, -0.2) is 0 Å². The molecule has 3 saturated heterocycles. The van der Waals surface area contributed by atoms with Gasteiger partial charge in [-0.05, 0) is 37.5 Å². The van der Waals surface area contributed by atoms with Crippen molar-refractivity contribution in [2.24, 2.45) is 11.8 Å². The summed E-state index contributed by atoms with van der Waals surface area (Å²) in [5, 5.41) is 15.1. The summed E-state index contributed by atoms with van der Waals surface area (Å²) < 4.78 is 6.29. The van der Waals surface area contributed by atoms with Crippen LogP contribution in [-0.4, -0.2) is 70.5 Å². The molecule has 3 aliphatic rings. The summed E-state index contributed by atoms with van der Waals surface area (Å²) in [6.07, 6.45) is -0.0415. The number of benzene rings is 1. The van der Waals surface area contributed by atoms with E-state index >= 15 is 0 Å². The second kappa shape index (κ2) is 7.62. The van der Waals surface area contributed by atoms with Crippen LogP contribution in [0.1, 0.15) is 17.5 Å². The van der Waals surface area contributed by atoms with E-state index in [-0.39, 0.29) is 35.7 Å². The molecule has 3 amide bonds. The number of aliphatic hydroxyl groups is 1. The summed E-state index contributed by atoms with van der Waals surface area (Å²) in [7, 11) is 1.53. The van der Waals surface area contributed by atoms with Crippen LogP contribution in [-0.2, 0) is 19.1 Å². The van der Waals surface area contributed by atoms with Gasteiger partial charge >= 0.3 is 0 Å². The number of β-amino-alcohol motifs (C(OH)–C–C–N with tert-alkyl or cyclic N) is 1. The summed E-state index contributed by atoms with van der Waals surface area (Å²) in [4.78, 5) is 40.7. The predicted octanol–water partition coefficient (Wildman–Crippen LogP) is 0.728. The van der Waals surface area contributed by atoms with Crippen LogP contribution in [0.15, 0.2) is 18.2 Å². The standard InChI is InChI=1S/C21H26BrN3O5/c1-10-4-5-11(2)13(8-10)24-19(28)17-21-9-12(22)16(30-21)14(18(27)23-3)15(21)20(29)25(17)6-7-26/h4-5,8,12,14-17,26H,6-7,9H2,1-3H3,(H,23,27)(H,24,28)/t12?,14-,15+,16-,17?,21?/m1/s1. The Balaban J connectivity index is 1.74. The minimum absolute atomic E-state index is 0.00339. The molecule has 9 heteroatoms. The molecular weight excluding hydrogens is 454 g/mol. The van der Waals surface area contributed by atoms with Crippen molar-refractivity contribution in [2.75, 3.05) is 25.5 Å². The highest BCUT2D eigenvalue weighted by Gasteiger charge is 2.76. The van der Waals surface area contributed by atoms with Crippen molar-refractivity contribution < 1.29 is 24.2 Å². The fraction of sp³-hybridized carbons (Fsp3) is 0.571. The molecule has 8 nitrogen and oxygen atoms in total. The molecule has 4 rings (SSSR count). The van der Waals surface area contributed by atoms with Gasteiger partial charge in [0.2, 0.25) is 17.7 Å². The van der Waals surface area contributed by atoms with Crippen LogP contribution in [0.2, 0.25) is 0 Å². The number of nitrogens with zero attached hydrogens (tertiary/aromatic N) is 1. The zero-order valence-electron chi connectivity index (χ0n) is 17.1. The van der Waals surface area contributed by atoms with Crippen molar-refractivity contribution in [1.82, 2.24) is 10.2 Å². The number of rotatable bonds is 5. The van der Waals surface area contributed by atoms with E-state index in [2.05, 4.69) is 26.6 Å². The average molecular weight is 480 g/mol. The van der Waals surface area contributed by atoms with Crippen LogP contribution in [0.25, 0.3) is 0 Å². The van der Waals surface area contributed by atoms with Gasteiger partial charge in [0.1, 0.15) is 11.6 Å². The van der Waals surface area contributed by atoms with E-state index < -0.39 is 29.6 Å². The largest absolute Gasteiger partial charge is 0.395 e. The number of likely N-dealkylation sites (tertiary alicyclic amines) is 1. The van der Waals surface area contributed by atoms with Gasteiger partial charge in [0.05, 0.1) is 24.5 Å². The van der Waals surface area contributed by atoms with Crippen LogP contribution >= 0.6 is 15.9 Å². The van der Waals surface area contributed by atoms with E-state index in [0.29, 0.717) is 12.1 Å². The van der Waals surface area contributed by atoms with Crippen molar-refractivity contribution in [1.29, 1.82) is 0 Å². The number of halogens is 1. The number of nitrogens with one attached hydrogen (secondary N) is 2. The van der Waals surface area contributed by atoms with Crippen LogP contribution in [0.3, 0.4) is 0 Å². The van der Waals surface area contributed by atoms with Crippen molar-refractivity contribution in [3.05, 3.63) is 29.3 Å². The van der Waals surface area contributed by atoms with E-state index in [0.717, 1.165) is 11.1 Å². The number of carbonyl (C=O) groups excluding carboxylic acids is 3. The molecule has 3 fully saturated rings. The Bertz CT molecular complexity index is 909. The lowest BCUT2D eigenvalue weighted by Crippen LogP contribution is -2.54. The Morgan fingerprint density at radius 2 is 2.07 bits per heavy atom. The molecule has 1 aromatic carbocycles. The Morgan fingerprint density at radius 3 is 2.73 bits per heavy atom. The van der Waals surface area contributed by atoms with Crippen LogP contribution in [0.4, 0.5) is 5.69 Å². The van der Waals surface area contributed by atoms with Crippen LogP contribution in [0.5, 0.6) is 0 Å². The lowest BCUT2D eigenvalue weighted by Gasteiger charge is -2.34. The fourth-order valence-corrected chi connectivity index (χ4v) is 6.26. The topological polar surface area (TPSA) is 108 Å². The number of anilines is 1. The van der Waals surface area contributed by atoms with Gasteiger partial charge in [-0.3, -0.25) is 14.4 Å². The molecule has 0 saturated carbocycles. The highest BCUT2D eigenvalue weighted by Crippen LogP contribution is 2.59. The van der Waals surface area contributed by atoms with E-state index in [4.69, 9.17) is 4.74 Å². The maximum atomic E-state index is 13.5. The second-order valence-electron chi connectivity index (χ2n) is 8.34. The number of hydrogen-bond acceptors (Lipinski definition) is 5. The monoisotopic (exact) mass is 479 g/mol. The van der Waals surface area contributed by atoms with E-state index in [1.165, 1.54) is 11.9 Å².